The molecule has 2 N–H and O–H groups in total. The Labute approximate surface area is 106 Å². The number of hydrogen-bond acceptors (Lipinski definition) is 3. The second-order valence-electron chi connectivity index (χ2n) is 3.18. The molecule has 2 aromatic heterocycles. The van der Waals surface area contributed by atoms with Crippen LogP contribution in [0.1, 0.15) is 0 Å². The first-order chi connectivity index (χ1) is 8.24. The van der Waals surface area contributed by atoms with E-state index in [-0.39, 0.29) is 6.03 Å². The first-order valence-corrected chi connectivity index (χ1v) is 5.63. The highest BCUT2D eigenvalue weighted by Crippen LogP contribution is 2.11. The lowest BCUT2D eigenvalue weighted by Gasteiger charge is -2.06. The summed E-state index contributed by atoms with van der Waals surface area (Å²) < 4.78 is 0.859. The Morgan fingerprint density at radius 1 is 1.12 bits per heavy atom. The number of rotatable bonds is 2. The van der Waals surface area contributed by atoms with E-state index < -0.39 is 0 Å². The normalized spacial score (nSPS) is 9.71. The zero-order valence-electron chi connectivity index (χ0n) is 8.72. The molecule has 0 aromatic carbocycles. The summed E-state index contributed by atoms with van der Waals surface area (Å²) in [5.74, 6) is 0.486. The topological polar surface area (TPSA) is 66.9 Å². The highest BCUT2D eigenvalue weighted by Gasteiger charge is 2.02. The lowest BCUT2D eigenvalue weighted by molar-refractivity contribution is 0.262. The highest BCUT2D eigenvalue weighted by molar-refractivity contribution is 9.10. The Balaban J connectivity index is 1.96. The molecule has 0 unspecified atom stereocenters. The van der Waals surface area contributed by atoms with Crippen LogP contribution in [0.3, 0.4) is 0 Å². The van der Waals surface area contributed by atoms with Crippen molar-refractivity contribution in [1.82, 2.24) is 9.97 Å². The minimum Gasteiger partial charge on any atom is -0.308 e. The van der Waals surface area contributed by atoms with Gasteiger partial charge in [0.25, 0.3) is 0 Å². The van der Waals surface area contributed by atoms with Crippen LogP contribution in [0.4, 0.5) is 16.3 Å². The largest absolute Gasteiger partial charge is 0.324 e. The highest BCUT2D eigenvalue weighted by atomic mass is 79.9. The standard InChI is InChI=1S/C11H9BrN4O/c12-8-1-2-10(14-7-8)16-11(17)15-9-3-5-13-6-4-9/h1-7H,(H2,13,14,15,16,17). The zero-order chi connectivity index (χ0) is 12.1. The average Bonchev–Trinajstić information content (AvgIpc) is 2.33. The Bertz CT molecular complexity index is 501. The van der Waals surface area contributed by atoms with Crippen molar-refractivity contribution >= 4 is 33.5 Å². The van der Waals surface area contributed by atoms with Gasteiger partial charge in [-0.25, -0.2) is 9.78 Å². The van der Waals surface area contributed by atoms with Gasteiger partial charge in [0.15, 0.2) is 0 Å². The van der Waals surface area contributed by atoms with Gasteiger partial charge in [0.1, 0.15) is 5.82 Å². The molecular weight excluding hydrogens is 284 g/mol. The summed E-state index contributed by atoms with van der Waals surface area (Å²) in [6, 6.07) is 6.57. The fourth-order valence-electron chi connectivity index (χ4n) is 1.16. The van der Waals surface area contributed by atoms with Gasteiger partial charge in [0.05, 0.1) is 0 Å². The van der Waals surface area contributed by atoms with E-state index >= 15 is 0 Å². The molecule has 0 saturated carbocycles. The number of halogens is 1. The Morgan fingerprint density at radius 3 is 2.53 bits per heavy atom. The van der Waals surface area contributed by atoms with Crippen molar-refractivity contribution in [2.75, 3.05) is 10.6 Å². The maximum absolute atomic E-state index is 11.6. The van der Waals surface area contributed by atoms with Crippen LogP contribution in [0.15, 0.2) is 47.3 Å². The Hall–Kier alpha value is -1.95. The van der Waals surface area contributed by atoms with Gasteiger partial charge >= 0.3 is 6.03 Å². The van der Waals surface area contributed by atoms with Crippen LogP contribution in [0.2, 0.25) is 0 Å². The van der Waals surface area contributed by atoms with Gasteiger partial charge in [-0.05, 0) is 40.2 Å². The summed E-state index contributed by atoms with van der Waals surface area (Å²) in [5.41, 5.74) is 0.676. The van der Waals surface area contributed by atoms with Crippen molar-refractivity contribution in [3.05, 3.63) is 47.3 Å². The summed E-state index contributed by atoms with van der Waals surface area (Å²) >= 11 is 3.27. The Morgan fingerprint density at radius 2 is 1.88 bits per heavy atom. The predicted molar refractivity (Wildman–Crippen MR) is 68.8 cm³/mol. The van der Waals surface area contributed by atoms with Crippen LogP contribution in [0, 0.1) is 0 Å². The molecule has 0 fully saturated rings. The first-order valence-electron chi connectivity index (χ1n) is 4.83. The van der Waals surface area contributed by atoms with Crippen LogP contribution in [0.25, 0.3) is 0 Å². The van der Waals surface area contributed by atoms with Crippen molar-refractivity contribution in [3.63, 3.8) is 0 Å². The molecule has 0 atom stereocenters. The van der Waals surface area contributed by atoms with Crippen LogP contribution < -0.4 is 10.6 Å². The molecule has 2 amide bonds. The molecule has 0 spiro atoms. The lowest BCUT2D eigenvalue weighted by atomic mass is 10.4. The van der Waals surface area contributed by atoms with Crippen molar-refractivity contribution < 1.29 is 4.79 Å². The van der Waals surface area contributed by atoms with E-state index in [1.54, 1.807) is 42.9 Å². The number of aromatic nitrogens is 2. The molecular formula is C11H9BrN4O. The van der Waals surface area contributed by atoms with Gasteiger partial charge in [0.2, 0.25) is 0 Å². The fourth-order valence-corrected chi connectivity index (χ4v) is 1.40. The lowest BCUT2D eigenvalue weighted by Crippen LogP contribution is -2.19. The zero-order valence-corrected chi connectivity index (χ0v) is 10.3. The summed E-state index contributed by atoms with van der Waals surface area (Å²) in [5, 5.41) is 5.28. The van der Waals surface area contributed by atoms with E-state index in [9.17, 15) is 4.79 Å². The third-order valence-electron chi connectivity index (χ3n) is 1.91. The van der Waals surface area contributed by atoms with Crippen LogP contribution in [-0.4, -0.2) is 16.0 Å². The van der Waals surface area contributed by atoms with E-state index in [4.69, 9.17) is 0 Å². The number of hydrogen-bond donors (Lipinski definition) is 2. The van der Waals surface area contributed by atoms with E-state index in [2.05, 4.69) is 36.5 Å². The number of anilines is 2. The van der Waals surface area contributed by atoms with Crippen molar-refractivity contribution in [3.8, 4) is 0 Å². The number of nitrogens with zero attached hydrogens (tertiary/aromatic N) is 2. The number of amides is 2. The number of carbonyl (C=O) groups excluding carboxylic acids is 1. The second-order valence-corrected chi connectivity index (χ2v) is 4.09. The van der Waals surface area contributed by atoms with Gasteiger partial charge in [-0.3, -0.25) is 10.3 Å². The average molecular weight is 293 g/mol. The summed E-state index contributed by atoms with van der Waals surface area (Å²) in [6.07, 6.45) is 4.82. The second kappa shape index (κ2) is 5.40. The number of urea groups is 1. The molecule has 0 aliphatic rings. The molecule has 2 rings (SSSR count). The van der Waals surface area contributed by atoms with Crippen molar-refractivity contribution in [2.24, 2.45) is 0 Å². The quantitative estimate of drug-likeness (QED) is 0.894. The van der Waals surface area contributed by atoms with Crippen LogP contribution >= 0.6 is 15.9 Å². The number of pyridine rings is 2. The molecule has 2 aromatic rings. The monoisotopic (exact) mass is 292 g/mol. The molecule has 0 radical (unpaired) electrons. The fraction of sp³-hybridized carbons (Fsp3) is 0. The third-order valence-corrected chi connectivity index (χ3v) is 2.38. The van der Waals surface area contributed by atoms with Gasteiger partial charge in [-0.15, -0.1) is 0 Å². The van der Waals surface area contributed by atoms with Crippen LogP contribution in [-0.2, 0) is 0 Å². The maximum Gasteiger partial charge on any atom is 0.324 e. The molecule has 6 heteroatoms. The number of carbonyl (C=O) groups is 1. The molecule has 0 aliphatic heterocycles. The van der Waals surface area contributed by atoms with Gasteiger partial charge in [-0.1, -0.05) is 0 Å². The Kier molecular flexibility index (Phi) is 3.66. The molecule has 5 nitrogen and oxygen atoms in total. The summed E-state index contributed by atoms with van der Waals surface area (Å²) in [6.45, 7) is 0. The summed E-state index contributed by atoms with van der Waals surface area (Å²) in [4.78, 5) is 19.5. The summed E-state index contributed by atoms with van der Waals surface area (Å²) in [7, 11) is 0. The van der Waals surface area contributed by atoms with E-state index in [0.29, 0.717) is 11.5 Å². The molecule has 2 heterocycles. The van der Waals surface area contributed by atoms with E-state index in [1.165, 1.54) is 0 Å². The van der Waals surface area contributed by atoms with E-state index in [0.717, 1.165) is 4.47 Å². The molecule has 0 aliphatic carbocycles. The molecule has 17 heavy (non-hydrogen) atoms. The molecule has 0 saturated heterocycles. The molecule has 86 valence electrons. The van der Waals surface area contributed by atoms with Crippen molar-refractivity contribution in [2.45, 2.75) is 0 Å². The first kappa shape index (κ1) is 11.5. The predicted octanol–water partition coefficient (Wildman–Crippen LogP) is 2.88. The van der Waals surface area contributed by atoms with Gasteiger partial charge < -0.3 is 5.32 Å². The number of nitrogens with one attached hydrogen (secondary N) is 2. The SMILES string of the molecule is O=C(Nc1ccncc1)Nc1ccc(Br)cn1. The van der Waals surface area contributed by atoms with Gasteiger partial charge in [0, 0.05) is 28.8 Å². The minimum absolute atomic E-state index is 0.342. The van der Waals surface area contributed by atoms with Crippen molar-refractivity contribution in [1.29, 1.82) is 0 Å². The maximum atomic E-state index is 11.6. The van der Waals surface area contributed by atoms with Gasteiger partial charge in [-0.2, -0.15) is 0 Å². The minimum atomic E-state index is -0.342. The molecule has 0 bridgehead atoms. The smallest absolute Gasteiger partial charge is 0.308 e. The van der Waals surface area contributed by atoms with Crippen LogP contribution in [0.5, 0.6) is 0 Å². The third kappa shape index (κ3) is 3.53. The van der Waals surface area contributed by atoms with E-state index in [1.807, 2.05) is 0 Å².